The Morgan fingerprint density at radius 1 is 1.20 bits per heavy atom. The summed E-state index contributed by atoms with van der Waals surface area (Å²) in [6, 6.07) is 7.34. The summed E-state index contributed by atoms with van der Waals surface area (Å²) in [6.45, 7) is 7.83. The third kappa shape index (κ3) is 3.81. The first kappa shape index (κ1) is 15.5. The van der Waals surface area contributed by atoms with Crippen LogP contribution in [0.1, 0.15) is 23.1 Å². The van der Waals surface area contributed by atoms with E-state index in [-0.39, 0.29) is 6.04 Å². The average molecular weight is 275 g/mol. The van der Waals surface area contributed by atoms with Gasteiger partial charge in [0.05, 0.1) is 0 Å². The zero-order chi connectivity index (χ0) is 14.7. The molecule has 1 aliphatic heterocycles. The van der Waals surface area contributed by atoms with E-state index < -0.39 is 0 Å². The summed E-state index contributed by atoms with van der Waals surface area (Å²) in [4.78, 5) is 4.88. The Labute approximate surface area is 123 Å². The van der Waals surface area contributed by atoms with Crippen LogP contribution in [-0.2, 0) is 6.42 Å². The maximum atomic E-state index is 6.44. The number of aryl methyl sites for hydroxylation is 2. The van der Waals surface area contributed by atoms with E-state index in [1.54, 1.807) is 0 Å². The molecule has 3 nitrogen and oxygen atoms in total. The van der Waals surface area contributed by atoms with Crippen LogP contribution in [0.5, 0.6) is 0 Å². The van der Waals surface area contributed by atoms with Crippen molar-refractivity contribution in [2.75, 3.05) is 33.7 Å². The van der Waals surface area contributed by atoms with Crippen LogP contribution in [0.25, 0.3) is 0 Å². The van der Waals surface area contributed by atoms with Gasteiger partial charge >= 0.3 is 0 Å². The highest BCUT2D eigenvalue weighted by molar-refractivity contribution is 5.34. The molecule has 2 unspecified atom stereocenters. The minimum Gasteiger partial charge on any atom is -0.327 e. The van der Waals surface area contributed by atoms with Crippen LogP contribution >= 0.6 is 0 Å². The number of nitrogens with two attached hydrogens (primary N) is 1. The van der Waals surface area contributed by atoms with E-state index in [0.717, 1.165) is 25.9 Å². The second-order valence-electron chi connectivity index (χ2n) is 6.47. The Morgan fingerprint density at radius 2 is 1.85 bits per heavy atom. The van der Waals surface area contributed by atoms with Crippen LogP contribution in [0.4, 0.5) is 0 Å². The van der Waals surface area contributed by atoms with Crippen LogP contribution in [0, 0.1) is 13.8 Å². The van der Waals surface area contributed by atoms with Gasteiger partial charge in [-0.15, -0.1) is 0 Å². The summed E-state index contributed by atoms with van der Waals surface area (Å²) < 4.78 is 0. The molecule has 3 heteroatoms. The van der Waals surface area contributed by atoms with E-state index >= 15 is 0 Å². The molecule has 1 fully saturated rings. The van der Waals surface area contributed by atoms with Crippen molar-refractivity contribution < 1.29 is 0 Å². The summed E-state index contributed by atoms with van der Waals surface area (Å²) in [7, 11) is 4.43. The van der Waals surface area contributed by atoms with Gasteiger partial charge in [-0.25, -0.2) is 0 Å². The van der Waals surface area contributed by atoms with Crippen molar-refractivity contribution in [2.24, 2.45) is 5.73 Å². The van der Waals surface area contributed by atoms with Gasteiger partial charge in [-0.3, -0.25) is 0 Å². The smallest absolute Gasteiger partial charge is 0.0235 e. The second-order valence-corrected chi connectivity index (χ2v) is 6.47. The molecule has 2 N–H and O–H groups in total. The number of benzene rings is 1. The Hall–Kier alpha value is -0.900. The van der Waals surface area contributed by atoms with Crippen molar-refractivity contribution in [3.8, 4) is 0 Å². The topological polar surface area (TPSA) is 32.5 Å². The summed E-state index contributed by atoms with van der Waals surface area (Å²) in [5.74, 6) is 0. The van der Waals surface area contributed by atoms with Gasteiger partial charge in [-0.05, 0) is 57.5 Å². The zero-order valence-electron chi connectivity index (χ0n) is 13.4. The number of rotatable bonds is 4. The molecule has 20 heavy (non-hydrogen) atoms. The fourth-order valence-corrected chi connectivity index (χ4v) is 3.22. The van der Waals surface area contributed by atoms with Crippen molar-refractivity contribution in [2.45, 2.75) is 38.8 Å². The molecule has 2 atom stereocenters. The SMILES string of the molecule is Cc1cccc(C)c1CC(N)CC1CN(C)CCN1C. The lowest BCUT2D eigenvalue weighted by atomic mass is 9.93. The molecule has 0 bridgehead atoms. The zero-order valence-corrected chi connectivity index (χ0v) is 13.4. The molecule has 0 radical (unpaired) electrons. The van der Waals surface area contributed by atoms with Crippen LogP contribution in [0.3, 0.4) is 0 Å². The minimum atomic E-state index is 0.244. The number of nitrogens with zero attached hydrogens (tertiary/aromatic N) is 2. The van der Waals surface area contributed by atoms with Gasteiger partial charge in [0.25, 0.3) is 0 Å². The summed E-state index contributed by atoms with van der Waals surface area (Å²) in [6.07, 6.45) is 2.07. The molecular weight excluding hydrogens is 246 g/mol. The molecule has 0 spiro atoms. The number of hydrogen-bond acceptors (Lipinski definition) is 3. The molecule has 1 aromatic carbocycles. The molecule has 0 aliphatic carbocycles. The maximum Gasteiger partial charge on any atom is 0.0235 e. The van der Waals surface area contributed by atoms with Gasteiger partial charge in [0.15, 0.2) is 0 Å². The van der Waals surface area contributed by atoms with E-state index in [1.165, 1.54) is 23.2 Å². The van der Waals surface area contributed by atoms with E-state index in [9.17, 15) is 0 Å². The van der Waals surface area contributed by atoms with Gasteiger partial charge in [0.1, 0.15) is 0 Å². The molecule has 1 heterocycles. The van der Waals surface area contributed by atoms with E-state index in [2.05, 4.69) is 55.9 Å². The summed E-state index contributed by atoms with van der Waals surface area (Å²) in [5.41, 5.74) is 10.6. The first-order valence-electron chi connectivity index (χ1n) is 7.67. The van der Waals surface area contributed by atoms with Crippen molar-refractivity contribution in [1.29, 1.82) is 0 Å². The van der Waals surface area contributed by atoms with E-state index in [1.807, 2.05) is 0 Å². The van der Waals surface area contributed by atoms with E-state index in [4.69, 9.17) is 5.73 Å². The lowest BCUT2D eigenvalue weighted by Crippen LogP contribution is -2.51. The Balaban J connectivity index is 1.96. The van der Waals surface area contributed by atoms with Crippen molar-refractivity contribution in [1.82, 2.24) is 9.80 Å². The summed E-state index contributed by atoms with van der Waals surface area (Å²) in [5, 5.41) is 0. The Morgan fingerprint density at radius 3 is 2.50 bits per heavy atom. The average Bonchev–Trinajstić information content (AvgIpc) is 2.38. The first-order chi connectivity index (χ1) is 9.47. The summed E-state index contributed by atoms with van der Waals surface area (Å²) >= 11 is 0. The van der Waals surface area contributed by atoms with Gasteiger partial charge in [-0.1, -0.05) is 18.2 Å². The highest BCUT2D eigenvalue weighted by Crippen LogP contribution is 2.18. The Kier molecular flexibility index (Phi) is 5.19. The molecule has 0 aromatic heterocycles. The quantitative estimate of drug-likeness (QED) is 0.909. The highest BCUT2D eigenvalue weighted by Gasteiger charge is 2.24. The first-order valence-corrected chi connectivity index (χ1v) is 7.67. The van der Waals surface area contributed by atoms with E-state index in [0.29, 0.717) is 6.04 Å². The third-order valence-corrected chi connectivity index (χ3v) is 4.67. The molecule has 1 saturated heterocycles. The fraction of sp³-hybridized carbons (Fsp3) is 0.647. The van der Waals surface area contributed by atoms with Crippen LogP contribution in [-0.4, -0.2) is 55.6 Å². The molecular formula is C17H29N3. The standard InChI is InChI=1S/C17H29N3/c1-13-6-5-7-14(2)17(13)11-15(18)10-16-12-19(3)8-9-20(16)4/h5-7,15-16H,8-12,18H2,1-4H3. The number of hydrogen-bond donors (Lipinski definition) is 1. The van der Waals surface area contributed by atoms with Crippen LogP contribution in [0.15, 0.2) is 18.2 Å². The number of likely N-dealkylation sites (N-methyl/N-ethyl adjacent to an activating group) is 2. The van der Waals surface area contributed by atoms with Crippen LogP contribution in [0.2, 0.25) is 0 Å². The van der Waals surface area contributed by atoms with Crippen molar-refractivity contribution in [3.05, 3.63) is 34.9 Å². The number of piperazine rings is 1. The largest absolute Gasteiger partial charge is 0.327 e. The molecule has 2 rings (SSSR count). The van der Waals surface area contributed by atoms with Gasteiger partial charge < -0.3 is 15.5 Å². The lowest BCUT2D eigenvalue weighted by molar-refractivity contribution is 0.104. The molecule has 0 saturated carbocycles. The Bertz CT molecular complexity index is 424. The van der Waals surface area contributed by atoms with Crippen LogP contribution < -0.4 is 5.73 Å². The minimum absolute atomic E-state index is 0.244. The van der Waals surface area contributed by atoms with Gasteiger partial charge in [-0.2, -0.15) is 0 Å². The molecule has 1 aliphatic rings. The molecule has 0 amide bonds. The van der Waals surface area contributed by atoms with Crippen molar-refractivity contribution in [3.63, 3.8) is 0 Å². The van der Waals surface area contributed by atoms with Gasteiger partial charge in [0, 0.05) is 31.7 Å². The van der Waals surface area contributed by atoms with Gasteiger partial charge in [0.2, 0.25) is 0 Å². The molecule has 1 aromatic rings. The second kappa shape index (κ2) is 6.70. The third-order valence-electron chi connectivity index (χ3n) is 4.67. The lowest BCUT2D eigenvalue weighted by Gasteiger charge is -2.39. The van der Waals surface area contributed by atoms with Crippen molar-refractivity contribution >= 4 is 0 Å². The predicted molar refractivity (Wildman–Crippen MR) is 86.1 cm³/mol. The predicted octanol–water partition coefficient (Wildman–Crippen LogP) is 1.81. The highest BCUT2D eigenvalue weighted by atomic mass is 15.3. The normalized spacial score (nSPS) is 22.9. The molecule has 112 valence electrons. The maximum absolute atomic E-state index is 6.44. The fourth-order valence-electron chi connectivity index (χ4n) is 3.22. The monoisotopic (exact) mass is 275 g/mol.